The molecule has 0 radical (unpaired) electrons. The highest BCUT2D eigenvalue weighted by Gasteiger charge is 2.15. The van der Waals surface area contributed by atoms with E-state index in [2.05, 4.69) is 16.0 Å². The molecule has 39 heavy (non-hydrogen) atoms. The van der Waals surface area contributed by atoms with Gasteiger partial charge in [0.1, 0.15) is 5.70 Å². The van der Waals surface area contributed by atoms with E-state index in [1.165, 1.54) is 23.1 Å². The van der Waals surface area contributed by atoms with E-state index in [0.29, 0.717) is 16.9 Å². The zero-order valence-corrected chi connectivity index (χ0v) is 22.2. The maximum Gasteiger partial charge on any atom is 0.272 e. The molecule has 10 heteroatoms. The van der Waals surface area contributed by atoms with E-state index < -0.39 is 17.7 Å². The highest BCUT2D eigenvalue weighted by atomic mass is 32.2. The number of hydrogen-bond donors (Lipinski definition) is 4. The number of amides is 4. The fraction of sp³-hybridized carbons (Fsp3) is 0.0345. The summed E-state index contributed by atoms with van der Waals surface area (Å²) < 4.78 is 0. The summed E-state index contributed by atoms with van der Waals surface area (Å²) in [5, 5.41) is 12.0. The molecule has 0 aliphatic rings. The molecule has 5 N–H and O–H groups in total. The molecule has 3 aromatic carbocycles. The Hall–Kier alpha value is -4.67. The van der Waals surface area contributed by atoms with Crippen molar-refractivity contribution in [1.29, 1.82) is 0 Å². The Morgan fingerprint density at radius 1 is 0.846 bits per heavy atom. The summed E-state index contributed by atoms with van der Waals surface area (Å²) in [4.78, 5) is 50.5. The van der Waals surface area contributed by atoms with Crippen LogP contribution in [-0.2, 0) is 9.59 Å². The van der Waals surface area contributed by atoms with E-state index in [0.717, 1.165) is 10.5 Å². The van der Waals surface area contributed by atoms with Crippen molar-refractivity contribution in [3.63, 3.8) is 0 Å². The van der Waals surface area contributed by atoms with Gasteiger partial charge in [0.15, 0.2) is 0 Å². The van der Waals surface area contributed by atoms with Gasteiger partial charge in [0.25, 0.3) is 17.7 Å². The first kappa shape index (κ1) is 27.4. The van der Waals surface area contributed by atoms with E-state index in [1.807, 2.05) is 22.9 Å². The summed E-state index contributed by atoms with van der Waals surface area (Å²) in [5.74, 6) is -1.67. The van der Waals surface area contributed by atoms with Gasteiger partial charge in [0.2, 0.25) is 5.91 Å². The van der Waals surface area contributed by atoms with Crippen LogP contribution >= 0.6 is 23.1 Å². The third-order valence-electron chi connectivity index (χ3n) is 5.33. The van der Waals surface area contributed by atoms with Crippen LogP contribution in [0.3, 0.4) is 0 Å². The molecule has 0 saturated heterocycles. The normalized spacial score (nSPS) is 10.9. The molecule has 1 heterocycles. The fourth-order valence-corrected chi connectivity index (χ4v) is 4.76. The van der Waals surface area contributed by atoms with Crippen LogP contribution in [0.2, 0.25) is 0 Å². The van der Waals surface area contributed by atoms with Crippen LogP contribution in [0.25, 0.3) is 6.08 Å². The van der Waals surface area contributed by atoms with Crippen molar-refractivity contribution < 1.29 is 19.2 Å². The van der Waals surface area contributed by atoms with E-state index >= 15 is 0 Å². The van der Waals surface area contributed by atoms with E-state index in [4.69, 9.17) is 5.73 Å². The molecule has 196 valence electrons. The Kier molecular flexibility index (Phi) is 9.28. The Morgan fingerprint density at radius 2 is 1.56 bits per heavy atom. The molecular formula is C29H24N4O4S2. The molecule has 0 saturated carbocycles. The van der Waals surface area contributed by atoms with Crippen molar-refractivity contribution >= 4 is 64.2 Å². The van der Waals surface area contributed by atoms with Gasteiger partial charge in [-0.25, -0.2) is 0 Å². The minimum Gasteiger partial charge on any atom is -0.366 e. The SMILES string of the molecule is NC(=O)c1ccccc1NC(=O)CSc1ccc(NC(=O)/C(=C/c2ccsc2)NC(=O)c2ccccc2)cc1. The predicted molar refractivity (Wildman–Crippen MR) is 156 cm³/mol. The summed E-state index contributed by atoms with van der Waals surface area (Å²) in [5.41, 5.74) is 7.81. The van der Waals surface area contributed by atoms with Crippen molar-refractivity contribution in [3.05, 3.63) is 118 Å². The van der Waals surface area contributed by atoms with Crippen LogP contribution < -0.4 is 21.7 Å². The minimum absolute atomic E-state index is 0.105. The number of thiophene rings is 1. The molecule has 4 aromatic rings. The third kappa shape index (κ3) is 7.91. The Balaban J connectivity index is 1.37. The largest absolute Gasteiger partial charge is 0.366 e. The van der Waals surface area contributed by atoms with Gasteiger partial charge in [0, 0.05) is 16.1 Å². The number of carbonyl (C=O) groups excluding carboxylic acids is 4. The second kappa shape index (κ2) is 13.2. The number of para-hydroxylation sites is 1. The molecule has 0 aliphatic carbocycles. The number of nitrogens with two attached hydrogens (primary N) is 1. The summed E-state index contributed by atoms with van der Waals surface area (Å²) >= 11 is 2.78. The molecular weight excluding hydrogens is 532 g/mol. The van der Waals surface area contributed by atoms with Crippen molar-refractivity contribution in [1.82, 2.24) is 5.32 Å². The van der Waals surface area contributed by atoms with Crippen LogP contribution in [0.15, 0.2) is 106 Å². The molecule has 0 atom stereocenters. The lowest BCUT2D eigenvalue weighted by Gasteiger charge is -2.12. The van der Waals surface area contributed by atoms with Gasteiger partial charge >= 0.3 is 0 Å². The smallest absolute Gasteiger partial charge is 0.272 e. The molecule has 0 spiro atoms. The van der Waals surface area contributed by atoms with Gasteiger partial charge in [-0.1, -0.05) is 30.3 Å². The first-order valence-corrected chi connectivity index (χ1v) is 13.6. The van der Waals surface area contributed by atoms with Gasteiger partial charge in [-0.3, -0.25) is 19.2 Å². The van der Waals surface area contributed by atoms with E-state index in [9.17, 15) is 19.2 Å². The van der Waals surface area contributed by atoms with E-state index in [1.54, 1.807) is 78.9 Å². The van der Waals surface area contributed by atoms with Crippen molar-refractivity contribution in [2.24, 2.45) is 5.73 Å². The Morgan fingerprint density at radius 3 is 2.26 bits per heavy atom. The number of anilines is 2. The first-order chi connectivity index (χ1) is 18.9. The van der Waals surface area contributed by atoms with Crippen LogP contribution in [0.4, 0.5) is 11.4 Å². The van der Waals surface area contributed by atoms with Crippen LogP contribution in [0.5, 0.6) is 0 Å². The molecule has 4 rings (SSSR count). The average Bonchev–Trinajstić information content (AvgIpc) is 3.46. The zero-order chi connectivity index (χ0) is 27.6. The topological polar surface area (TPSA) is 130 Å². The molecule has 4 amide bonds. The summed E-state index contributed by atoms with van der Waals surface area (Å²) in [7, 11) is 0. The molecule has 0 fully saturated rings. The number of primary amides is 1. The maximum absolute atomic E-state index is 13.1. The second-order valence-corrected chi connectivity index (χ2v) is 9.99. The van der Waals surface area contributed by atoms with Gasteiger partial charge in [-0.05, 0) is 77.0 Å². The third-order valence-corrected chi connectivity index (χ3v) is 7.05. The minimum atomic E-state index is -0.621. The van der Waals surface area contributed by atoms with Gasteiger partial charge < -0.3 is 21.7 Å². The van der Waals surface area contributed by atoms with Gasteiger partial charge in [-0.15, -0.1) is 11.8 Å². The molecule has 8 nitrogen and oxygen atoms in total. The second-order valence-electron chi connectivity index (χ2n) is 8.16. The van der Waals surface area contributed by atoms with Crippen LogP contribution in [0.1, 0.15) is 26.3 Å². The molecule has 0 aliphatic heterocycles. The van der Waals surface area contributed by atoms with Crippen molar-refractivity contribution in [2.45, 2.75) is 4.90 Å². The molecule has 0 unspecified atom stereocenters. The number of rotatable bonds is 10. The Labute approximate surface area is 233 Å². The van der Waals surface area contributed by atoms with Crippen molar-refractivity contribution in [2.75, 3.05) is 16.4 Å². The summed E-state index contributed by atoms with van der Waals surface area (Å²) in [6.07, 6.45) is 1.62. The number of thioether (sulfide) groups is 1. The van der Waals surface area contributed by atoms with Crippen LogP contribution in [0, 0.1) is 0 Å². The zero-order valence-electron chi connectivity index (χ0n) is 20.5. The molecule has 0 bridgehead atoms. The van der Waals surface area contributed by atoms with Gasteiger partial charge in [0.05, 0.1) is 17.0 Å². The lowest BCUT2D eigenvalue weighted by molar-refractivity contribution is -0.114. The fourth-order valence-electron chi connectivity index (χ4n) is 3.44. The standard InChI is InChI=1S/C29H24N4O4S2/c30-27(35)23-8-4-5-9-24(23)32-26(34)18-39-22-12-10-21(11-13-22)31-29(37)25(16-19-14-15-38-17-19)33-28(36)20-6-2-1-3-7-20/h1-17H,18H2,(H2,30,35)(H,31,37)(H,32,34)(H,33,36)/b25-16-. The number of nitrogens with one attached hydrogen (secondary N) is 3. The van der Waals surface area contributed by atoms with Crippen LogP contribution in [-0.4, -0.2) is 29.4 Å². The average molecular weight is 557 g/mol. The maximum atomic E-state index is 13.1. The predicted octanol–water partition coefficient (Wildman–Crippen LogP) is 4.99. The molecule has 1 aromatic heterocycles. The lowest BCUT2D eigenvalue weighted by Crippen LogP contribution is -2.30. The number of hydrogen-bond acceptors (Lipinski definition) is 6. The van der Waals surface area contributed by atoms with E-state index in [-0.39, 0.29) is 22.9 Å². The first-order valence-electron chi connectivity index (χ1n) is 11.7. The quantitative estimate of drug-likeness (QED) is 0.162. The van der Waals surface area contributed by atoms with Gasteiger partial charge in [-0.2, -0.15) is 11.3 Å². The highest BCUT2D eigenvalue weighted by Crippen LogP contribution is 2.22. The highest BCUT2D eigenvalue weighted by molar-refractivity contribution is 8.00. The summed E-state index contributed by atoms with van der Waals surface area (Å²) in [6, 6.07) is 24.0. The van der Waals surface area contributed by atoms with Crippen molar-refractivity contribution in [3.8, 4) is 0 Å². The number of carbonyl (C=O) groups is 4. The summed E-state index contributed by atoms with van der Waals surface area (Å²) in [6.45, 7) is 0. The lowest BCUT2D eigenvalue weighted by atomic mass is 10.1. The number of benzene rings is 3. The monoisotopic (exact) mass is 556 g/mol. The Bertz CT molecular complexity index is 1500.